The minimum Gasteiger partial charge on any atom is -0.547 e. The van der Waals surface area contributed by atoms with Crippen LogP contribution in [0.25, 0.3) is 0 Å². The van der Waals surface area contributed by atoms with E-state index >= 15 is 0 Å². The fourth-order valence-electron chi connectivity index (χ4n) is 3.82. The van der Waals surface area contributed by atoms with E-state index in [9.17, 15) is 5.11 Å². The molecule has 2 atom stereocenters. The molecular weight excluding hydrogens is 412 g/mol. The van der Waals surface area contributed by atoms with Crippen LogP contribution in [0.15, 0.2) is 48.5 Å². The fourth-order valence-corrected chi connectivity index (χ4v) is 7.81. The monoisotopic (exact) mass is 446 g/mol. The minimum atomic E-state index is -1.33. The van der Waals surface area contributed by atoms with Crippen LogP contribution in [0.5, 0.6) is 5.75 Å². The smallest absolute Gasteiger partial charge is 0.229 e. The molecule has 0 bridgehead atoms. The number of thioether (sulfide) groups is 2. The summed E-state index contributed by atoms with van der Waals surface area (Å²) in [6.45, 7) is 11.0. The molecule has 0 aliphatic carbocycles. The first-order valence-corrected chi connectivity index (χ1v) is 15.4. The molecule has 1 heterocycles. The van der Waals surface area contributed by atoms with Crippen molar-refractivity contribution in [3.63, 3.8) is 0 Å². The highest BCUT2D eigenvalue weighted by molar-refractivity contribution is 8.17. The Morgan fingerprint density at radius 1 is 1.00 bits per heavy atom. The van der Waals surface area contributed by atoms with Crippen molar-refractivity contribution in [1.29, 1.82) is 0 Å². The highest BCUT2D eigenvalue weighted by Gasteiger charge is 2.35. The van der Waals surface area contributed by atoms with Gasteiger partial charge in [0.1, 0.15) is 5.75 Å². The predicted molar refractivity (Wildman–Crippen MR) is 132 cm³/mol. The van der Waals surface area contributed by atoms with E-state index in [2.05, 4.69) is 76.3 Å². The van der Waals surface area contributed by atoms with E-state index in [-0.39, 0.29) is 11.3 Å². The molecule has 1 N–H and O–H groups in total. The van der Waals surface area contributed by atoms with Crippen LogP contribution in [0, 0.1) is 0 Å². The van der Waals surface area contributed by atoms with Crippen molar-refractivity contribution in [2.45, 2.75) is 62.3 Å². The van der Waals surface area contributed by atoms with Crippen LogP contribution in [0.4, 0.5) is 0 Å². The van der Waals surface area contributed by atoms with Crippen molar-refractivity contribution in [1.82, 2.24) is 0 Å². The van der Waals surface area contributed by atoms with E-state index in [0.29, 0.717) is 4.58 Å². The molecule has 3 rings (SSSR count). The summed E-state index contributed by atoms with van der Waals surface area (Å²) in [4.78, 5) is 0. The molecule has 0 aromatic heterocycles. The molecule has 29 heavy (non-hydrogen) atoms. The molecule has 1 aliphatic heterocycles. The Hall–Kier alpha value is -0.883. The standard InChI is InChI=1S/C24H34O2S2Si/c1-24(2,3)19-14-9-13-18(22(19)26-29(4)5)21(25)20(17-11-7-6-8-12-17)23-27-15-10-16-28-23/h6-9,11-14,20-21,23,25,29H,10,15-16H2,1-5H3. The first-order valence-electron chi connectivity index (χ1n) is 10.6. The molecule has 5 heteroatoms. The van der Waals surface area contributed by atoms with E-state index in [0.717, 1.165) is 22.8 Å². The topological polar surface area (TPSA) is 29.5 Å². The third kappa shape index (κ3) is 5.63. The van der Waals surface area contributed by atoms with Gasteiger partial charge < -0.3 is 9.53 Å². The van der Waals surface area contributed by atoms with Gasteiger partial charge >= 0.3 is 0 Å². The van der Waals surface area contributed by atoms with Gasteiger partial charge in [-0.15, -0.1) is 23.5 Å². The first-order chi connectivity index (χ1) is 13.8. The average molecular weight is 447 g/mol. The maximum atomic E-state index is 11.8. The third-order valence-electron chi connectivity index (χ3n) is 5.20. The largest absolute Gasteiger partial charge is 0.547 e. The van der Waals surface area contributed by atoms with Gasteiger partial charge in [0, 0.05) is 11.5 Å². The van der Waals surface area contributed by atoms with Crippen molar-refractivity contribution in [3.05, 3.63) is 65.2 Å². The van der Waals surface area contributed by atoms with Gasteiger partial charge in [-0.05, 0) is 47.6 Å². The van der Waals surface area contributed by atoms with E-state index in [1.54, 1.807) is 0 Å². The maximum Gasteiger partial charge on any atom is 0.229 e. The SMILES string of the molecule is C[SiH](C)Oc1c(C(O)C(c2ccccc2)C2SCCCS2)cccc1C(C)(C)C. The van der Waals surface area contributed by atoms with Gasteiger partial charge in [-0.1, -0.05) is 69.3 Å². The number of aliphatic hydroxyl groups excluding tert-OH is 1. The summed E-state index contributed by atoms with van der Waals surface area (Å²) in [7, 11) is -1.33. The number of rotatable bonds is 6. The zero-order valence-corrected chi connectivity index (χ0v) is 21.0. The molecule has 1 saturated heterocycles. The summed E-state index contributed by atoms with van der Waals surface area (Å²) in [6, 6.07) is 16.8. The van der Waals surface area contributed by atoms with Gasteiger partial charge in [0.25, 0.3) is 0 Å². The van der Waals surface area contributed by atoms with Gasteiger partial charge in [0.05, 0.1) is 10.7 Å². The molecule has 1 aliphatic rings. The molecule has 2 unspecified atom stereocenters. The minimum absolute atomic E-state index is 0.0368. The van der Waals surface area contributed by atoms with E-state index in [1.165, 1.54) is 17.5 Å². The van der Waals surface area contributed by atoms with Crippen molar-refractivity contribution in [3.8, 4) is 5.75 Å². The second kappa shape index (κ2) is 9.95. The Morgan fingerprint density at radius 2 is 1.66 bits per heavy atom. The van der Waals surface area contributed by atoms with E-state index in [4.69, 9.17) is 4.43 Å². The summed E-state index contributed by atoms with van der Waals surface area (Å²) < 4.78 is 6.81. The van der Waals surface area contributed by atoms with Gasteiger partial charge in [-0.2, -0.15) is 0 Å². The molecule has 0 amide bonds. The number of aliphatic hydroxyl groups is 1. The lowest BCUT2D eigenvalue weighted by molar-refractivity contribution is 0.148. The summed E-state index contributed by atoms with van der Waals surface area (Å²) in [5, 5.41) is 11.8. The summed E-state index contributed by atoms with van der Waals surface area (Å²) in [6.07, 6.45) is 0.654. The van der Waals surface area contributed by atoms with Crippen molar-refractivity contribution in [2.75, 3.05) is 11.5 Å². The summed E-state index contributed by atoms with van der Waals surface area (Å²) in [5.41, 5.74) is 3.30. The lowest BCUT2D eigenvalue weighted by Gasteiger charge is -2.35. The number of hydrogen-bond acceptors (Lipinski definition) is 4. The van der Waals surface area contributed by atoms with Crippen LogP contribution in [0.3, 0.4) is 0 Å². The van der Waals surface area contributed by atoms with Crippen molar-refractivity contribution in [2.24, 2.45) is 0 Å². The summed E-state index contributed by atoms with van der Waals surface area (Å²) >= 11 is 3.98. The van der Waals surface area contributed by atoms with Gasteiger partial charge in [-0.25, -0.2) is 0 Å². The number of para-hydroxylation sites is 1. The Kier molecular flexibility index (Phi) is 7.82. The van der Waals surface area contributed by atoms with Gasteiger partial charge in [-0.3, -0.25) is 0 Å². The lowest BCUT2D eigenvalue weighted by Crippen LogP contribution is -2.25. The summed E-state index contributed by atoms with van der Waals surface area (Å²) in [5.74, 6) is 3.29. The zero-order chi connectivity index (χ0) is 21.0. The van der Waals surface area contributed by atoms with Crippen LogP contribution >= 0.6 is 23.5 Å². The van der Waals surface area contributed by atoms with Gasteiger partial charge in [0.2, 0.25) is 9.04 Å². The van der Waals surface area contributed by atoms with Crippen LogP contribution in [0.2, 0.25) is 13.1 Å². The molecule has 2 aromatic carbocycles. The first kappa shape index (κ1) is 22.8. The third-order valence-corrected chi connectivity index (χ3v) is 9.01. The van der Waals surface area contributed by atoms with Crippen LogP contribution in [-0.4, -0.2) is 30.2 Å². The lowest BCUT2D eigenvalue weighted by atomic mass is 9.82. The molecule has 158 valence electrons. The normalized spacial score (nSPS) is 17.9. The quantitative estimate of drug-likeness (QED) is 0.523. The second-order valence-electron chi connectivity index (χ2n) is 8.99. The molecule has 2 aromatic rings. The van der Waals surface area contributed by atoms with Crippen LogP contribution < -0.4 is 4.43 Å². The van der Waals surface area contributed by atoms with Crippen molar-refractivity contribution >= 4 is 32.6 Å². The fraction of sp³-hybridized carbons (Fsp3) is 0.500. The predicted octanol–water partition coefficient (Wildman–Crippen LogP) is 6.36. The van der Waals surface area contributed by atoms with Gasteiger partial charge in [0.15, 0.2) is 0 Å². The zero-order valence-electron chi connectivity index (χ0n) is 18.2. The second-order valence-corrected chi connectivity index (χ2v) is 14.1. The van der Waals surface area contributed by atoms with Crippen molar-refractivity contribution < 1.29 is 9.53 Å². The Bertz CT molecular complexity index is 783. The highest BCUT2D eigenvalue weighted by Crippen LogP contribution is 2.49. The maximum absolute atomic E-state index is 11.8. The molecule has 2 nitrogen and oxygen atoms in total. The highest BCUT2D eigenvalue weighted by atomic mass is 32.2. The molecule has 1 fully saturated rings. The van der Waals surface area contributed by atoms with Crippen LogP contribution in [-0.2, 0) is 5.41 Å². The van der Waals surface area contributed by atoms with Crippen LogP contribution in [0.1, 0.15) is 55.9 Å². The molecular formula is C24H34O2S2Si. The molecule has 0 radical (unpaired) electrons. The van der Waals surface area contributed by atoms with E-state index < -0.39 is 15.1 Å². The molecule has 0 spiro atoms. The number of hydrogen-bond donors (Lipinski definition) is 1. The average Bonchev–Trinajstić information content (AvgIpc) is 2.68. The molecule has 0 saturated carbocycles. The van der Waals surface area contributed by atoms with E-state index in [1.807, 2.05) is 29.6 Å². The Balaban J connectivity index is 2.08. The Morgan fingerprint density at radius 3 is 2.24 bits per heavy atom. The Labute approximate surface area is 186 Å². The number of benzene rings is 2.